The number of carbonyl (C=O) groups excluding carboxylic acids is 2. The third-order valence-electron chi connectivity index (χ3n) is 2.27. The molecule has 0 bridgehead atoms. The molecule has 1 unspecified atom stereocenters. The Morgan fingerprint density at radius 1 is 1.00 bits per heavy atom. The van der Waals surface area contributed by atoms with Crippen molar-refractivity contribution in [1.82, 2.24) is 10.6 Å². The first-order chi connectivity index (χ1) is 9.86. The van der Waals surface area contributed by atoms with Gasteiger partial charge in [-0.25, -0.2) is 0 Å². The molecule has 0 spiro atoms. The predicted octanol–water partition coefficient (Wildman–Crippen LogP) is 0.363. The summed E-state index contributed by atoms with van der Waals surface area (Å²) < 4.78 is 0. The molecule has 0 aliphatic heterocycles. The molecule has 0 heterocycles. The second kappa shape index (κ2) is 12.9. The van der Waals surface area contributed by atoms with E-state index >= 15 is 0 Å². The highest BCUT2D eigenvalue weighted by Gasteiger charge is 2.19. The maximum Gasteiger partial charge on any atom is 0.322 e. The van der Waals surface area contributed by atoms with Gasteiger partial charge < -0.3 is 20.8 Å². The van der Waals surface area contributed by atoms with Gasteiger partial charge in [0.15, 0.2) is 0 Å². The molecule has 0 saturated carbocycles. The molecule has 0 aliphatic carbocycles. The van der Waals surface area contributed by atoms with Crippen LogP contribution in [0.15, 0.2) is 0 Å². The van der Waals surface area contributed by atoms with E-state index in [0.717, 1.165) is 0 Å². The maximum atomic E-state index is 11.5. The summed E-state index contributed by atoms with van der Waals surface area (Å²) in [4.78, 5) is 43.5. The summed E-state index contributed by atoms with van der Waals surface area (Å²) in [5, 5.41) is 21.4. The summed E-state index contributed by atoms with van der Waals surface area (Å²) in [6.07, 6.45) is 0.398. The van der Waals surface area contributed by atoms with Gasteiger partial charge in [0.25, 0.3) is 0 Å². The Balaban J connectivity index is 0. The third-order valence-corrected chi connectivity index (χ3v) is 2.27. The lowest BCUT2D eigenvalue weighted by molar-refractivity contribution is -0.138. The molecular formula is C13H24N2O6. The van der Waals surface area contributed by atoms with Crippen LogP contribution in [-0.2, 0) is 19.2 Å². The molecule has 0 fully saturated rings. The number of rotatable bonds is 9. The molecule has 8 nitrogen and oxygen atoms in total. The van der Waals surface area contributed by atoms with Gasteiger partial charge in [-0.1, -0.05) is 20.8 Å². The van der Waals surface area contributed by atoms with Crippen molar-refractivity contribution in [2.75, 3.05) is 6.54 Å². The van der Waals surface area contributed by atoms with Crippen molar-refractivity contribution in [3.63, 3.8) is 0 Å². The molecule has 8 heteroatoms. The van der Waals surface area contributed by atoms with Crippen LogP contribution in [0.25, 0.3) is 0 Å². The van der Waals surface area contributed by atoms with E-state index < -0.39 is 36.3 Å². The van der Waals surface area contributed by atoms with Crippen LogP contribution in [0.2, 0.25) is 0 Å². The Morgan fingerprint density at radius 2 is 1.57 bits per heavy atom. The summed E-state index contributed by atoms with van der Waals surface area (Å²) in [6.45, 7) is 5.16. The lowest BCUT2D eigenvalue weighted by atomic mass is 10.1. The van der Waals surface area contributed by atoms with Crippen LogP contribution in [0, 0.1) is 0 Å². The Labute approximate surface area is 123 Å². The van der Waals surface area contributed by atoms with Crippen molar-refractivity contribution in [1.29, 1.82) is 0 Å². The minimum absolute atomic E-state index is 0.00894. The fourth-order valence-corrected chi connectivity index (χ4v) is 1.31. The molecule has 1 atom stereocenters. The van der Waals surface area contributed by atoms with E-state index in [0.29, 0.717) is 6.42 Å². The highest BCUT2D eigenvalue weighted by atomic mass is 16.4. The van der Waals surface area contributed by atoms with Gasteiger partial charge in [0.1, 0.15) is 12.6 Å². The fourth-order valence-electron chi connectivity index (χ4n) is 1.31. The summed E-state index contributed by atoms with van der Waals surface area (Å²) in [7, 11) is 0. The number of amides is 2. The Bertz CT molecular complexity index is 357. The standard InChI is InChI=1S/C11H18N2O6.C2H6/c1-2-7(11(19)12-6-10(17)18)13-8(14)4-3-5-9(15)16;1-2/h7H,2-6H2,1H3,(H,12,19)(H,13,14)(H,15,16)(H,17,18);1-2H3. The number of hydrogen-bond donors (Lipinski definition) is 4. The van der Waals surface area contributed by atoms with Gasteiger partial charge in [-0.05, 0) is 12.8 Å². The number of carbonyl (C=O) groups is 4. The van der Waals surface area contributed by atoms with Crippen LogP contribution >= 0.6 is 0 Å². The molecule has 0 aromatic heterocycles. The number of aliphatic carboxylic acids is 2. The Kier molecular flexibility index (Phi) is 13.0. The maximum absolute atomic E-state index is 11.5. The van der Waals surface area contributed by atoms with Crippen molar-refractivity contribution in [2.45, 2.75) is 52.5 Å². The largest absolute Gasteiger partial charge is 0.481 e. The van der Waals surface area contributed by atoms with Gasteiger partial charge in [-0.2, -0.15) is 0 Å². The molecule has 21 heavy (non-hydrogen) atoms. The summed E-state index contributed by atoms with van der Waals surface area (Å²) in [6, 6.07) is -0.809. The summed E-state index contributed by atoms with van der Waals surface area (Å²) >= 11 is 0. The first kappa shape index (κ1) is 21.2. The molecular weight excluding hydrogens is 280 g/mol. The quantitative estimate of drug-likeness (QED) is 0.486. The topological polar surface area (TPSA) is 133 Å². The first-order valence-corrected chi connectivity index (χ1v) is 6.87. The van der Waals surface area contributed by atoms with Crippen molar-refractivity contribution in [3.05, 3.63) is 0 Å². The minimum atomic E-state index is -1.17. The van der Waals surface area contributed by atoms with Gasteiger partial charge in [0, 0.05) is 12.8 Å². The van der Waals surface area contributed by atoms with Crippen molar-refractivity contribution in [3.8, 4) is 0 Å². The van der Waals surface area contributed by atoms with Gasteiger partial charge in [-0.3, -0.25) is 19.2 Å². The first-order valence-electron chi connectivity index (χ1n) is 6.87. The molecule has 4 N–H and O–H groups in total. The molecule has 0 rings (SSSR count). The van der Waals surface area contributed by atoms with Crippen LogP contribution in [0.4, 0.5) is 0 Å². The van der Waals surface area contributed by atoms with E-state index in [9.17, 15) is 19.2 Å². The number of carboxylic acid groups (broad SMARTS) is 2. The Hall–Kier alpha value is -2.12. The van der Waals surface area contributed by atoms with E-state index in [1.54, 1.807) is 6.92 Å². The molecule has 0 aromatic rings. The highest BCUT2D eigenvalue weighted by Crippen LogP contribution is 1.98. The summed E-state index contributed by atoms with van der Waals surface area (Å²) in [5.74, 6) is -3.16. The van der Waals surface area contributed by atoms with Gasteiger partial charge in [-0.15, -0.1) is 0 Å². The molecule has 0 radical (unpaired) electrons. The predicted molar refractivity (Wildman–Crippen MR) is 75.7 cm³/mol. The van der Waals surface area contributed by atoms with Crippen LogP contribution in [-0.4, -0.2) is 46.6 Å². The zero-order valence-corrected chi connectivity index (χ0v) is 12.6. The SMILES string of the molecule is CC.CCC(NC(=O)CCCC(=O)O)C(=O)NCC(=O)O. The van der Waals surface area contributed by atoms with Crippen molar-refractivity contribution < 1.29 is 29.4 Å². The number of hydrogen-bond acceptors (Lipinski definition) is 4. The molecule has 0 aliphatic rings. The minimum Gasteiger partial charge on any atom is -0.481 e. The van der Waals surface area contributed by atoms with Gasteiger partial charge in [0.2, 0.25) is 11.8 Å². The van der Waals surface area contributed by atoms with Crippen LogP contribution in [0.3, 0.4) is 0 Å². The van der Waals surface area contributed by atoms with Crippen molar-refractivity contribution >= 4 is 23.8 Å². The zero-order chi connectivity index (χ0) is 16.8. The van der Waals surface area contributed by atoms with E-state index in [1.807, 2.05) is 13.8 Å². The van der Waals surface area contributed by atoms with E-state index in [4.69, 9.17) is 10.2 Å². The summed E-state index contributed by atoms with van der Waals surface area (Å²) in [5.41, 5.74) is 0. The third kappa shape index (κ3) is 12.6. The average Bonchev–Trinajstić information content (AvgIpc) is 2.43. The average molecular weight is 304 g/mol. The monoisotopic (exact) mass is 304 g/mol. The van der Waals surface area contributed by atoms with Gasteiger partial charge in [0.05, 0.1) is 0 Å². The second-order valence-corrected chi connectivity index (χ2v) is 3.89. The number of carboxylic acids is 2. The molecule has 2 amide bonds. The van der Waals surface area contributed by atoms with Gasteiger partial charge >= 0.3 is 11.9 Å². The van der Waals surface area contributed by atoms with Crippen LogP contribution in [0.1, 0.15) is 46.5 Å². The molecule has 0 aromatic carbocycles. The lowest BCUT2D eigenvalue weighted by Gasteiger charge is -2.15. The van der Waals surface area contributed by atoms with Crippen LogP contribution in [0.5, 0.6) is 0 Å². The second-order valence-electron chi connectivity index (χ2n) is 3.89. The van der Waals surface area contributed by atoms with E-state index in [-0.39, 0.29) is 19.3 Å². The molecule has 122 valence electrons. The lowest BCUT2D eigenvalue weighted by Crippen LogP contribution is -2.47. The van der Waals surface area contributed by atoms with Crippen LogP contribution < -0.4 is 10.6 Å². The fraction of sp³-hybridized carbons (Fsp3) is 0.692. The Morgan fingerprint density at radius 3 is 2.00 bits per heavy atom. The smallest absolute Gasteiger partial charge is 0.322 e. The van der Waals surface area contributed by atoms with E-state index in [2.05, 4.69) is 10.6 Å². The van der Waals surface area contributed by atoms with E-state index in [1.165, 1.54) is 0 Å². The van der Waals surface area contributed by atoms with Crippen molar-refractivity contribution in [2.24, 2.45) is 0 Å². The highest BCUT2D eigenvalue weighted by molar-refractivity contribution is 5.89. The zero-order valence-electron chi connectivity index (χ0n) is 12.6. The molecule has 0 saturated heterocycles. The normalized spacial score (nSPS) is 10.6. The number of nitrogens with one attached hydrogen (secondary N) is 2.